The second-order valence-corrected chi connectivity index (χ2v) is 6.35. The lowest BCUT2D eigenvalue weighted by Crippen LogP contribution is -2.40. The predicted octanol–water partition coefficient (Wildman–Crippen LogP) is 0.309. The van der Waals surface area contributed by atoms with Gasteiger partial charge in [-0.05, 0) is 25.7 Å². The van der Waals surface area contributed by atoms with Crippen LogP contribution in [0, 0.1) is 0 Å². The number of hydrogen-bond donors (Lipinski definition) is 3. The maximum atomic E-state index is 12.7. The van der Waals surface area contributed by atoms with Crippen LogP contribution in [0.25, 0.3) is 11.2 Å². The van der Waals surface area contributed by atoms with Crippen molar-refractivity contribution < 1.29 is 10.2 Å². The Morgan fingerprint density at radius 1 is 1.04 bits per heavy atom. The maximum absolute atomic E-state index is 12.7. The molecule has 0 atom stereocenters. The number of rotatable bonds is 7. The molecule has 0 saturated heterocycles. The average Bonchev–Trinajstić information content (AvgIpc) is 3.24. The van der Waals surface area contributed by atoms with Crippen molar-refractivity contribution in [2.45, 2.75) is 57.5 Å². The zero-order chi connectivity index (χ0) is 17.1. The largest absolute Gasteiger partial charge is 0.396 e. The molecule has 0 bridgehead atoms. The minimum Gasteiger partial charge on any atom is -0.396 e. The molecule has 1 fully saturated rings. The molecule has 2 heterocycles. The van der Waals surface area contributed by atoms with Crippen LogP contribution in [0.4, 0.5) is 0 Å². The minimum atomic E-state index is -0.432. The number of nitrogens with zero attached hydrogens (tertiary/aromatic N) is 3. The van der Waals surface area contributed by atoms with Crippen molar-refractivity contribution in [3.05, 3.63) is 26.7 Å². The van der Waals surface area contributed by atoms with E-state index in [1.54, 1.807) is 0 Å². The van der Waals surface area contributed by atoms with E-state index in [1.807, 2.05) is 0 Å². The van der Waals surface area contributed by atoms with Crippen LogP contribution in [0.2, 0.25) is 0 Å². The summed E-state index contributed by atoms with van der Waals surface area (Å²) >= 11 is 0. The highest BCUT2D eigenvalue weighted by Gasteiger charge is 2.23. The summed E-state index contributed by atoms with van der Waals surface area (Å²) in [7, 11) is 0. The van der Waals surface area contributed by atoms with Crippen molar-refractivity contribution in [2.75, 3.05) is 13.2 Å². The molecule has 1 aliphatic rings. The molecule has 1 aliphatic carbocycles. The van der Waals surface area contributed by atoms with Gasteiger partial charge >= 0.3 is 5.69 Å². The van der Waals surface area contributed by atoms with Gasteiger partial charge in [-0.25, -0.2) is 9.78 Å². The number of fused-ring (bicyclic) bond motifs is 1. The molecule has 8 nitrogen and oxygen atoms in total. The van der Waals surface area contributed by atoms with Crippen LogP contribution in [0.3, 0.4) is 0 Å². The lowest BCUT2D eigenvalue weighted by atomic mass is 10.1. The van der Waals surface area contributed by atoms with Gasteiger partial charge in [-0.2, -0.15) is 0 Å². The third-order valence-corrected chi connectivity index (χ3v) is 4.70. The van der Waals surface area contributed by atoms with Gasteiger partial charge in [0.05, 0.1) is 0 Å². The van der Waals surface area contributed by atoms with E-state index in [4.69, 9.17) is 10.2 Å². The van der Waals surface area contributed by atoms with Crippen LogP contribution >= 0.6 is 0 Å². The second-order valence-electron chi connectivity index (χ2n) is 6.35. The molecule has 0 unspecified atom stereocenters. The van der Waals surface area contributed by atoms with E-state index in [1.165, 1.54) is 4.57 Å². The number of aryl methyl sites for hydroxylation is 1. The van der Waals surface area contributed by atoms with Gasteiger partial charge in [-0.15, -0.1) is 0 Å². The molecule has 2 aromatic heterocycles. The van der Waals surface area contributed by atoms with E-state index < -0.39 is 5.69 Å². The van der Waals surface area contributed by atoms with Gasteiger partial charge in [0.2, 0.25) is 0 Å². The number of aromatic nitrogens is 4. The molecule has 0 spiro atoms. The third kappa shape index (κ3) is 3.03. The molecule has 132 valence electrons. The maximum Gasteiger partial charge on any atom is 0.332 e. The highest BCUT2D eigenvalue weighted by molar-refractivity contribution is 5.70. The molecule has 8 heteroatoms. The monoisotopic (exact) mass is 336 g/mol. The summed E-state index contributed by atoms with van der Waals surface area (Å²) in [6.07, 6.45) is 5.14. The van der Waals surface area contributed by atoms with Gasteiger partial charge in [0.1, 0.15) is 11.3 Å². The number of aliphatic hydroxyl groups excluding tert-OH is 2. The summed E-state index contributed by atoms with van der Waals surface area (Å²) in [6.45, 7) is 0.349. The van der Waals surface area contributed by atoms with Crippen molar-refractivity contribution in [2.24, 2.45) is 0 Å². The Labute approximate surface area is 138 Å². The van der Waals surface area contributed by atoms with Crippen LogP contribution in [0.5, 0.6) is 0 Å². The Morgan fingerprint density at radius 3 is 2.29 bits per heavy atom. The SMILES string of the molecule is O=c1c2[nH]c(C3CCCC3)nc2n(CCCO)c(=O)n1CCCO. The van der Waals surface area contributed by atoms with E-state index in [0.29, 0.717) is 36.5 Å². The van der Waals surface area contributed by atoms with Crippen LogP contribution in [0.15, 0.2) is 9.59 Å². The van der Waals surface area contributed by atoms with Gasteiger partial charge in [-0.1, -0.05) is 12.8 Å². The topological polar surface area (TPSA) is 113 Å². The number of imidazole rings is 1. The standard InChI is InChI=1S/C16H24N4O4/c21-9-3-7-19-14-12(15(23)20(16(19)24)8-4-10-22)17-13(18-14)11-5-1-2-6-11/h11,21-22H,1-10H2,(H,17,18). The zero-order valence-corrected chi connectivity index (χ0v) is 13.7. The fourth-order valence-electron chi connectivity index (χ4n) is 3.43. The zero-order valence-electron chi connectivity index (χ0n) is 13.7. The first kappa shape index (κ1) is 16.9. The van der Waals surface area contributed by atoms with Gasteiger partial charge in [-0.3, -0.25) is 13.9 Å². The molecule has 0 radical (unpaired) electrons. The van der Waals surface area contributed by atoms with Crippen LogP contribution in [-0.2, 0) is 13.1 Å². The Kier molecular flexibility index (Phi) is 5.15. The van der Waals surface area contributed by atoms with Gasteiger partial charge in [0.15, 0.2) is 5.65 Å². The third-order valence-electron chi connectivity index (χ3n) is 4.70. The average molecular weight is 336 g/mol. The Balaban J connectivity index is 2.15. The number of hydrogen-bond acceptors (Lipinski definition) is 5. The van der Waals surface area contributed by atoms with Crippen molar-refractivity contribution in [3.8, 4) is 0 Å². The molecule has 0 aliphatic heterocycles. The van der Waals surface area contributed by atoms with Crippen molar-refractivity contribution >= 4 is 11.2 Å². The lowest BCUT2D eigenvalue weighted by Gasteiger charge is -2.10. The molecule has 0 aromatic carbocycles. The van der Waals surface area contributed by atoms with Crippen LogP contribution in [-0.4, -0.2) is 42.5 Å². The van der Waals surface area contributed by atoms with E-state index in [-0.39, 0.29) is 25.3 Å². The quantitative estimate of drug-likeness (QED) is 0.673. The predicted molar refractivity (Wildman–Crippen MR) is 89.2 cm³/mol. The van der Waals surface area contributed by atoms with Gasteiger partial charge < -0.3 is 15.2 Å². The van der Waals surface area contributed by atoms with Crippen LogP contribution < -0.4 is 11.2 Å². The summed E-state index contributed by atoms with van der Waals surface area (Å²) in [5.74, 6) is 1.08. The first-order valence-electron chi connectivity index (χ1n) is 8.62. The first-order valence-corrected chi connectivity index (χ1v) is 8.62. The Bertz CT molecular complexity index is 814. The van der Waals surface area contributed by atoms with Crippen molar-refractivity contribution in [3.63, 3.8) is 0 Å². The fraction of sp³-hybridized carbons (Fsp3) is 0.688. The Morgan fingerprint density at radius 2 is 1.67 bits per heavy atom. The summed E-state index contributed by atoms with van der Waals surface area (Å²) in [4.78, 5) is 33.0. The lowest BCUT2D eigenvalue weighted by molar-refractivity contribution is 0.274. The highest BCUT2D eigenvalue weighted by atomic mass is 16.3. The molecule has 3 rings (SSSR count). The molecule has 3 N–H and O–H groups in total. The number of aliphatic hydroxyl groups is 2. The normalized spacial score (nSPS) is 15.6. The minimum absolute atomic E-state index is 0.0381. The number of nitrogens with one attached hydrogen (secondary N) is 1. The molecule has 24 heavy (non-hydrogen) atoms. The van der Waals surface area contributed by atoms with Gasteiger partial charge in [0, 0.05) is 32.2 Å². The molecule has 2 aromatic rings. The van der Waals surface area contributed by atoms with E-state index >= 15 is 0 Å². The summed E-state index contributed by atoms with van der Waals surface area (Å²) in [6, 6.07) is 0. The fourth-order valence-corrected chi connectivity index (χ4v) is 3.43. The van der Waals surface area contributed by atoms with Crippen molar-refractivity contribution in [1.29, 1.82) is 0 Å². The Hall–Kier alpha value is -1.93. The summed E-state index contributed by atoms with van der Waals surface area (Å²) in [5, 5.41) is 18.1. The highest BCUT2D eigenvalue weighted by Crippen LogP contribution is 2.32. The van der Waals surface area contributed by atoms with Crippen molar-refractivity contribution in [1.82, 2.24) is 19.1 Å². The van der Waals surface area contributed by atoms with Crippen LogP contribution in [0.1, 0.15) is 50.3 Å². The van der Waals surface area contributed by atoms with E-state index in [0.717, 1.165) is 36.1 Å². The number of H-pyrrole nitrogens is 1. The van der Waals surface area contributed by atoms with E-state index in [2.05, 4.69) is 9.97 Å². The molecule has 0 amide bonds. The second kappa shape index (κ2) is 7.31. The van der Waals surface area contributed by atoms with E-state index in [9.17, 15) is 9.59 Å². The molecule has 1 saturated carbocycles. The summed E-state index contributed by atoms with van der Waals surface area (Å²) in [5.41, 5.74) is -0.104. The smallest absolute Gasteiger partial charge is 0.332 e. The number of aromatic amines is 1. The molecular weight excluding hydrogens is 312 g/mol. The molecular formula is C16H24N4O4. The summed E-state index contributed by atoms with van der Waals surface area (Å²) < 4.78 is 2.60. The van der Waals surface area contributed by atoms with Gasteiger partial charge in [0.25, 0.3) is 5.56 Å². The first-order chi connectivity index (χ1) is 11.7.